The monoisotopic (exact) mass is 350 g/mol. The van der Waals surface area contributed by atoms with E-state index in [0.717, 1.165) is 16.0 Å². The number of nitrogens with zero attached hydrogens (tertiary/aromatic N) is 1. The van der Waals surface area contributed by atoms with Gasteiger partial charge in [0.15, 0.2) is 0 Å². The Balaban J connectivity index is 2.19. The van der Waals surface area contributed by atoms with Crippen molar-refractivity contribution in [3.05, 3.63) is 28.3 Å². The van der Waals surface area contributed by atoms with Gasteiger partial charge in [-0.3, -0.25) is 4.79 Å². The maximum absolute atomic E-state index is 12.6. The van der Waals surface area contributed by atoms with E-state index in [4.69, 9.17) is 22.1 Å². The Bertz CT molecular complexity index is 579. The summed E-state index contributed by atoms with van der Waals surface area (Å²) in [6.45, 7) is 0.868. The van der Waals surface area contributed by atoms with Crippen LogP contribution in [0.3, 0.4) is 0 Å². The fourth-order valence-electron chi connectivity index (χ4n) is 2.56. The average molecular weight is 351 g/mol. The van der Waals surface area contributed by atoms with Crippen LogP contribution >= 0.6 is 11.6 Å². The molecule has 1 heterocycles. The summed E-state index contributed by atoms with van der Waals surface area (Å²) in [7, 11) is 0. The number of carbonyl (C=O) groups excluding carboxylic acids is 1. The van der Waals surface area contributed by atoms with Crippen LogP contribution in [0.4, 0.5) is 13.2 Å². The predicted molar refractivity (Wildman–Crippen MR) is 80.7 cm³/mol. The first kappa shape index (κ1) is 17.9. The van der Waals surface area contributed by atoms with E-state index >= 15 is 0 Å². The Morgan fingerprint density at radius 3 is 2.65 bits per heavy atom. The van der Waals surface area contributed by atoms with Crippen LogP contribution in [0.25, 0.3) is 0 Å². The third-order valence-electron chi connectivity index (χ3n) is 3.72. The second-order valence-electron chi connectivity index (χ2n) is 5.29. The van der Waals surface area contributed by atoms with Gasteiger partial charge in [0, 0.05) is 18.7 Å². The number of hydrogen-bond donors (Lipinski definition) is 1. The zero-order valence-corrected chi connectivity index (χ0v) is 13.2. The molecule has 0 saturated heterocycles. The van der Waals surface area contributed by atoms with Crippen molar-refractivity contribution < 1.29 is 22.7 Å². The Morgan fingerprint density at radius 2 is 2.00 bits per heavy atom. The van der Waals surface area contributed by atoms with E-state index < -0.39 is 12.1 Å². The molecule has 2 N–H and O–H groups in total. The Kier molecular flexibility index (Phi) is 5.75. The van der Waals surface area contributed by atoms with E-state index in [1.165, 1.54) is 0 Å². The summed E-state index contributed by atoms with van der Waals surface area (Å²) in [6.07, 6.45) is -3.59. The zero-order valence-electron chi connectivity index (χ0n) is 12.5. The first-order chi connectivity index (χ1) is 10.8. The standard InChI is InChI=1S/C15H18ClF3N2O2/c16-12-3-2-10-4-7-21(14(22)15(17,18)19)8-5-11(10)13(12)23-9-1-6-20/h2-3H,1,4-9,20H2. The molecule has 0 unspecified atom stereocenters. The number of amides is 1. The highest BCUT2D eigenvalue weighted by Gasteiger charge is 2.42. The Hall–Kier alpha value is -1.47. The van der Waals surface area contributed by atoms with Gasteiger partial charge in [0.2, 0.25) is 0 Å². The molecule has 1 aromatic rings. The molecule has 128 valence electrons. The average Bonchev–Trinajstić information content (AvgIpc) is 2.70. The van der Waals surface area contributed by atoms with E-state index in [1.807, 2.05) is 0 Å². The topological polar surface area (TPSA) is 55.6 Å². The minimum atomic E-state index is -4.85. The summed E-state index contributed by atoms with van der Waals surface area (Å²) in [4.78, 5) is 12.2. The number of fused-ring (bicyclic) bond motifs is 1. The number of nitrogens with two attached hydrogens (primary N) is 1. The maximum atomic E-state index is 12.6. The summed E-state index contributed by atoms with van der Waals surface area (Å²) in [5.41, 5.74) is 7.05. The van der Waals surface area contributed by atoms with Crippen LogP contribution in [0.2, 0.25) is 5.02 Å². The molecule has 0 fully saturated rings. The molecule has 8 heteroatoms. The van der Waals surface area contributed by atoms with Crippen LogP contribution < -0.4 is 10.5 Å². The molecule has 23 heavy (non-hydrogen) atoms. The van der Waals surface area contributed by atoms with Crippen molar-refractivity contribution >= 4 is 17.5 Å². The summed E-state index contributed by atoms with van der Waals surface area (Å²) < 4.78 is 43.4. The largest absolute Gasteiger partial charge is 0.492 e. The summed E-state index contributed by atoms with van der Waals surface area (Å²) in [5, 5.41) is 0.413. The fourth-order valence-corrected chi connectivity index (χ4v) is 2.79. The van der Waals surface area contributed by atoms with Gasteiger partial charge in [0.25, 0.3) is 0 Å². The van der Waals surface area contributed by atoms with E-state index in [1.54, 1.807) is 12.1 Å². The van der Waals surface area contributed by atoms with Gasteiger partial charge in [-0.25, -0.2) is 0 Å². The summed E-state index contributed by atoms with van der Waals surface area (Å²) >= 11 is 6.15. The minimum absolute atomic E-state index is 0.0149. The van der Waals surface area contributed by atoms with Crippen LogP contribution in [0.5, 0.6) is 5.75 Å². The molecule has 0 atom stereocenters. The first-order valence-electron chi connectivity index (χ1n) is 7.33. The quantitative estimate of drug-likeness (QED) is 0.849. The van der Waals surface area contributed by atoms with Crippen molar-refractivity contribution in [2.45, 2.75) is 25.4 Å². The fraction of sp³-hybridized carbons (Fsp3) is 0.533. The summed E-state index contributed by atoms with van der Waals surface area (Å²) in [6, 6.07) is 3.44. The number of hydrogen-bond acceptors (Lipinski definition) is 3. The Morgan fingerprint density at radius 1 is 1.30 bits per heavy atom. The molecule has 1 amide bonds. The van der Waals surface area contributed by atoms with E-state index in [0.29, 0.717) is 36.8 Å². The molecule has 0 radical (unpaired) electrons. The van der Waals surface area contributed by atoms with Crippen molar-refractivity contribution in [1.29, 1.82) is 0 Å². The van der Waals surface area contributed by atoms with Crippen molar-refractivity contribution in [3.63, 3.8) is 0 Å². The molecule has 0 aromatic heterocycles. The molecule has 0 saturated carbocycles. The van der Waals surface area contributed by atoms with E-state index in [9.17, 15) is 18.0 Å². The SMILES string of the molecule is NCCCOc1c(Cl)ccc2c1CCN(C(=O)C(F)(F)F)CC2. The van der Waals surface area contributed by atoms with Crippen molar-refractivity contribution in [2.75, 3.05) is 26.2 Å². The second kappa shape index (κ2) is 7.40. The molecule has 1 aromatic carbocycles. The first-order valence-corrected chi connectivity index (χ1v) is 7.71. The van der Waals surface area contributed by atoms with Gasteiger partial charge >= 0.3 is 12.1 Å². The van der Waals surface area contributed by atoms with Crippen LogP contribution in [-0.4, -0.2) is 43.2 Å². The number of ether oxygens (including phenoxy) is 1. The van der Waals surface area contributed by atoms with Crippen LogP contribution in [0.15, 0.2) is 12.1 Å². The van der Waals surface area contributed by atoms with Crippen LogP contribution in [-0.2, 0) is 17.6 Å². The number of alkyl halides is 3. The van der Waals surface area contributed by atoms with Crippen LogP contribution in [0, 0.1) is 0 Å². The van der Waals surface area contributed by atoms with Gasteiger partial charge in [-0.1, -0.05) is 17.7 Å². The lowest BCUT2D eigenvalue weighted by molar-refractivity contribution is -0.185. The molecule has 1 aliphatic rings. The lowest BCUT2D eigenvalue weighted by atomic mass is 10.0. The van der Waals surface area contributed by atoms with Gasteiger partial charge in [-0.05, 0) is 37.4 Å². The zero-order chi connectivity index (χ0) is 17.0. The lowest BCUT2D eigenvalue weighted by Gasteiger charge is -2.21. The van der Waals surface area contributed by atoms with Gasteiger partial charge in [0.05, 0.1) is 11.6 Å². The molecule has 1 aliphatic heterocycles. The highest BCUT2D eigenvalue weighted by Crippen LogP contribution is 2.34. The number of carbonyl (C=O) groups is 1. The highest BCUT2D eigenvalue weighted by atomic mass is 35.5. The summed E-state index contributed by atoms with van der Waals surface area (Å²) in [5.74, 6) is -1.32. The molecule has 0 aliphatic carbocycles. The Labute approximate surface area is 137 Å². The van der Waals surface area contributed by atoms with Crippen molar-refractivity contribution in [3.8, 4) is 5.75 Å². The van der Waals surface area contributed by atoms with E-state index in [2.05, 4.69) is 0 Å². The van der Waals surface area contributed by atoms with E-state index in [-0.39, 0.29) is 19.5 Å². The molecular formula is C15H18ClF3N2O2. The normalized spacial score (nSPS) is 15.1. The molecular weight excluding hydrogens is 333 g/mol. The predicted octanol–water partition coefficient (Wildman–Crippen LogP) is 2.56. The number of halogens is 4. The van der Waals surface area contributed by atoms with Crippen LogP contribution in [0.1, 0.15) is 17.5 Å². The number of rotatable bonds is 4. The maximum Gasteiger partial charge on any atom is 0.471 e. The minimum Gasteiger partial charge on any atom is -0.492 e. The van der Waals surface area contributed by atoms with Gasteiger partial charge in [0.1, 0.15) is 5.75 Å². The molecule has 0 spiro atoms. The smallest absolute Gasteiger partial charge is 0.471 e. The molecule has 2 rings (SSSR count). The van der Waals surface area contributed by atoms with Crippen molar-refractivity contribution in [1.82, 2.24) is 4.90 Å². The third kappa shape index (κ3) is 4.29. The highest BCUT2D eigenvalue weighted by molar-refractivity contribution is 6.32. The van der Waals surface area contributed by atoms with Gasteiger partial charge in [-0.2, -0.15) is 13.2 Å². The van der Waals surface area contributed by atoms with Gasteiger partial charge in [-0.15, -0.1) is 0 Å². The second-order valence-corrected chi connectivity index (χ2v) is 5.70. The van der Waals surface area contributed by atoms with Crippen molar-refractivity contribution in [2.24, 2.45) is 5.73 Å². The molecule has 4 nitrogen and oxygen atoms in total. The van der Waals surface area contributed by atoms with Gasteiger partial charge < -0.3 is 15.4 Å². The molecule has 0 bridgehead atoms. The number of benzene rings is 1. The lowest BCUT2D eigenvalue weighted by Crippen LogP contribution is -2.42. The third-order valence-corrected chi connectivity index (χ3v) is 4.01.